The monoisotopic (exact) mass is 755 g/mol. The number of hydrogen-bond acceptors (Lipinski definition) is 16. The van der Waals surface area contributed by atoms with Crippen LogP contribution in [-0.4, -0.2) is 143 Å². The first-order chi connectivity index (χ1) is 10.7. The van der Waals surface area contributed by atoms with Crippen molar-refractivity contribution in [3.8, 4) is 0 Å². The zero-order valence-electron chi connectivity index (χ0n) is 12.7. The summed E-state index contributed by atoms with van der Waals surface area (Å²) in [6.45, 7) is 0. The molecule has 27 heavy (non-hydrogen) atoms. The van der Waals surface area contributed by atoms with Gasteiger partial charge >= 0.3 is 185 Å². The maximum Gasteiger partial charge on any atom is 2.00 e. The molecule has 0 saturated heterocycles. The van der Waals surface area contributed by atoms with Crippen molar-refractivity contribution in [3.63, 3.8) is 0 Å². The molecule has 0 aromatic heterocycles. The van der Waals surface area contributed by atoms with Crippen molar-refractivity contribution >= 4 is 197 Å². The van der Waals surface area contributed by atoms with Gasteiger partial charge in [-0.2, -0.15) is 0 Å². The minimum atomic E-state index is -5.25. The van der Waals surface area contributed by atoms with Crippen LogP contribution in [0.4, 0.5) is 0 Å². The summed E-state index contributed by atoms with van der Waals surface area (Å²) >= 11 is 4.64. The Morgan fingerprint density at radius 1 is 0.593 bits per heavy atom. The first-order valence-electron chi connectivity index (χ1n) is 4.03. The van der Waals surface area contributed by atoms with E-state index in [0.717, 1.165) is 0 Å². The molecule has 0 fully saturated rings. The normalized spacial score (nSPS) is 15.6. The molecule has 0 aliphatic heterocycles. The Balaban J connectivity index is -0.0000000677. The van der Waals surface area contributed by atoms with E-state index >= 15 is 0 Å². The maximum atomic E-state index is 10.1. The van der Waals surface area contributed by atoms with Gasteiger partial charge in [-0.15, -0.1) is 11.6 Å². The van der Waals surface area contributed by atoms with Crippen molar-refractivity contribution in [3.05, 3.63) is 0 Å². The Labute approximate surface area is 271 Å². The summed E-state index contributed by atoms with van der Waals surface area (Å²) in [5.41, 5.74) is 0. The second-order valence-corrected chi connectivity index (χ2v) is 8.31. The van der Waals surface area contributed by atoms with Crippen LogP contribution in [0.25, 0.3) is 0 Å². The fourth-order valence-corrected chi connectivity index (χ4v) is 3.74. The molecular weight excluding hydrogens is 752 g/mol. The molecule has 0 N–H and O–H groups in total. The molecule has 0 radical (unpaired) electrons. The zero-order valence-corrected chi connectivity index (χ0v) is 29.3. The fraction of sp³-hybridized carbons (Fsp3) is 1.00. The molecule has 26 heteroatoms. The molecule has 0 saturated carbocycles. The minimum absolute atomic E-state index is 0. The van der Waals surface area contributed by atoms with Gasteiger partial charge in [0.1, 0.15) is 0 Å². The Bertz CT molecular complexity index is 464. The molecule has 0 heterocycles. The van der Waals surface area contributed by atoms with E-state index < -0.39 is 48.7 Å². The predicted octanol–water partition coefficient (Wildman–Crippen LogP) is -3.24. The molecule has 4 unspecified atom stereocenters. The van der Waals surface area contributed by atoms with Crippen molar-refractivity contribution in [1.29, 1.82) is 0 Å². The van der Waals surface area contributed by atoms with Crippen molar-refractivity contribution in [2.24, 2.45) is 0 Å². The van der Waals surface area contributed by atoms with Gasteiger partial charge in [-0.05, 0) is 18.3 Å². The Morgan fingerprint density at radius 3 is 0.778 bits per heavy atom. The molecule has 0 aliphatic rings. The van der Waals surface area contributed by atoms with Crippen LogP contribution in [0.5, 0.6) is 0 Å². The van der Waals surface area contributed by atoms with Gasteiger partial charge in [0.15, 0.2) is 0 Å². The molecule has 4 atom stereocenters. The average Bonchev–Trinajstić information content (AvgIpc) is 2.24. The largest absolute Gasteiger partial charge is 2.00 e. The van der Waals surface area contributed by atoms with E-state index in [4.69, 9.17) is 0 Å². The third-order valence-electron chi connectivity index (χ3n) is 0.667. The third kappa shape index (κ3) is 41.9. The van der Waals surface area contributed by atoms with Crippen LogP contribution >= 0.6 is 60.3 Å². The van der Waals surface area contributed by atoms with E-state index in [1.54, 1.807) is 0 Å². The summed E-state index contributed by atoms with van der Waals surface area (Å²) in [7, 11) is -25.2. The van der Waals surface area contributed by atoms with Gasteiger partial charge in [0.05, 0.1) is 0 Å². The number of halogens is 1. The van der Waals surface area contributed by atoms with Crippen molar-refractivity contribution < 1.29 is 74.0 Å². The molecule has 142 valence electrons. The summed E-state index contributed by atoms with van der Waals surface area (Å²) in [6, 6.07) is 0. The van der Waals surface area contributed by atoms with Gasteiger partial charge in [0.25, 0.3) is 0 Å². The van der Waals surface area contributed by atoms with Crippen LogP contribution in [0, 0.1) is 0 Å². The van der Waals surface area contributed by atoms with Crippen LogP contribution in [0.3, 0.4) is 0 Å². The second kappa shape index (κ2) is 25.8. The number of alkyl halides is 1. The average molecular weight is 755 g/mol. The van der Waals surface area contributed by atoms with E-state index in [9.17, 15) is 56.8 Å². The van der Waals surface area contributed by atoms with Crippen molar-refractivity contribution in [2.45, 2.75) is 0 Å². The quantitative estimate of drug-likeness (QED) is 0.134. The molecule has 0 bridgehead atoms. The summed E-state index contributed by atoms with van der Waals surface area (Å²) in [5.74, 6) is 0. The van der Waals surface area contributed by atoms with Gasteiger partial charge in [-0.25, -0.2) is 0 Å². The standard InChI is InChI=1S/CH3Cl.2HO8P3.3Sr/c1-2;2*1-9(2)7-11(5,6)8-10(3)4;;;/h1H3;2*(H,5,6);;;/q;;;3*+2/p-2. The maximum absolute atomic E-state index is 10.1. The van der Waals surface area contributed by atoms with Crippen molar-refractivity contribution in [1.82, 2.24) is 0 Å². The van der Waals surface area contributed by atoms with Gasteiger partial charge < -0.3 is 29.4 Å². The molecule has 0 rings (SSSR count). The molecular formula is CH3ClO16P6Sr3+4. The zero-order chi connectivity index (χ0) is 20.1. The van der Waals surface area contributed by atoms with Crippen LogP contribution in [0.1, 0.15) is 0 Å². The fourth-order valence-electron chi connectivity index (χ4n) is 0.356. The van der Waals surface area contributed by atoms with E-state index in [-0.39, 0.29) is 136 Å². The topological polar surface area (TPSA) is 278 Å². The molecule has 0 spiro atoms. The van der Waals surface area contributed by atoms with Gasteiger partial charge in [0.2, 0.25) is 0 Å². The first-order valence-corrected chi connectivity index (χ1v) is 12.1. The molecule has 0 aromatic rings. The number of phosphoric acid groups is 2. The number of hydrogen-bond donors (Lipinski definition) is 0. The van der Waals surface area contributed by atoms with Crippen LogP contribution in [0.15, 0.2) is 0 Å². The molecule has 0 amide bonds. The van der Waals surface area contributed by atoms with Gasteiger partial charge in [-0.1, -0.05) is 17.2 Å². The Morgan fingerprint density at radius 2 is 0.704 bits per heavy atom. The van der Waals surface area contributed by atoms with E-state index in [1.807, 2.05) is 0 Å². The van der Waals surface area contributed by atoms with Crippen LogP contribution in [0.2, 0.25) is 0 Å². The molecule has 16 nitrogen and oxygen atoms in total. The van der Waals surface area contributed by atoms with Crippen molar-refractivity contribution in [2.75, 3.05) is 6.38 Å². The van der Waals surface area contributed by atoms with Gasteiger partial charge in [0, 0.05) is 6.38 Å². The van der Waals surface area contributed by atoms with Gasteiger partial charge in [-0.3, -0.25) is 9.13 Å². The summed E-state index contributed by atoms with van der Waals surface area (Å²) < 4.78 is 70.8. The number of rotatable bonds is 8. The molecule has 0 aromatic carbocycles. The summed E-state index contributed by atoms with van der Waals surface area (Å²) in [6.07, 6.45) is 1.47. The van der Waals surface area contributed by atoms with E-state index in [0.29, 0.717) is 0 Å². The Kier molecular flexibility index (Phi) is 43.6. The minimum Gasteiger partial charge on any atom is -0.750 e. The Hall–Kier alpha value is 5.19. The SMILES string of the molecule is CCl.O=[P+]([O-])OP(=O)([O-])O[P+](=O)[O-].O=[P+]([O-])OP(=O)([O-])O[P+](=O)[O-].[Sr+2].[Sr+2].[Sr+2]. The van der Waals surface area contributed by atoms with E-state index in [2.05, 4.69) is 28.8 Å². The first kappa shape index (κ1) is 45.7. The summed E-state index contributed by atoms with van der Waals surface area (Å²) in [4.78, 5) is 58.4. The predicted molar refractivity (Wildman–Crippen MR) is 79.0 cm³/mol. The smallest absolute Gasteiger partial charge is 0.750 e. The van der Waals surface area contributed by atoms with E-state index in [1.165, 1.54) is 6.38 Å². The van der Waals surface area contributed by atoms with Crippen LogP contribution in [-0.2, 0) is 44.6 Å². The summed E-state index contributed by atoms with van der Waals surface area (Å²) in [5, 5.41) is 0. The molecule has 0 aliphatic carbocycles. The van der Waals surface area contributed by atoms with Crippen LogP contribution < -0.4 is 29.4 Å². The third-order valence-corrected chi connectivity index (χ3v) is 6.00. The second-order valence-electron chi connectivity index (χ2n) is 2.12.